The number of nitrogens with zero attached hydrogens (tertiary/aromatic N) is 2. The van der Waals surface area contributed by atoms with Crippen LogP contribution in [0.3, 0.4) is 0 Å². The van der Waals surface area contributed by atoms with Gasteiger partial charge in [-0.15, -0.1) is 0 Å². The van der Waals surface area contributed by atoms with E-state index in [4.69, 9.17) is 5.73 Å². The van der Waals surface area contributed by atoms with Crippen LogP contribution in [0.15, 0.2) is 23.4 Å². The predicted octanol–water partition coefficient (Wildman–Crippen LogP) is 2.52. The van der Waals surface area contributed by atoms with E-state index in [2.05, 4.69) is 24.7 Å². The molecule has 0 amide bonds. The van der Waals surface area contributed by atoms with Gasteiger partial charge < -0.3 is 16.4 Å². The van der Waals surface area contributed by atoms with Crippen molar-refractivity contribution in [2.45, 2.75) is 55.6 Å². The van der Waals surface area contributed by atoms with E-state index in [-0.39, 0.29) is 22.8 Å². The molecule has 2 aromatic rings. The molecule has 1 unspecified atom stereocenters. The molecule has 2 aliphatic rings. The van der Waals surface area contributed by atoms with E-state index in [9.17, 15) is 17.2 Å². The van der Waals surface area contributed by atoms with Crippen molar-refractivity contribution in [3.05, 3.63) is 30.1 Å². The first-order valence-corrected chi connectivity index (χ1v) is 12.5. The summed E-state index contributed by atoms with van der Waals surface area (Å²) in [6, 6.07) is 2.39. The summed E-state index contributed by atoms with van der Waals surface area (Å²) >= 11 is 0.792. The highest BCUT2D eigenvalue weighted by atomic mass is 32.2. The van der Waals surface area contributed by atoms with Gasteiger partial charge in [-0.1, -0.05) is 0 Å². The Morgan fingerprint density at radius 1 is 1.32 bits per heavy atom. The van der Waals surface area contributed by atoms with E-state index in [1.807, 2.05) is 6.92 Å². The smallest absolute Gasteiger partial charge is 0.266 e. The molecule has 0 spiro atoms. The Bertz CT molecular complexity index is 1020. The molecular weight excluding hydrogens is 446 g/mol. The van der Waals surface area contributed by atoms with Crippen molar-refractivity contribution in [2.24, 2.45) is 17.6 Å². The standard InChI is InChI=1S/C19H26F2N6O2S2/c1-10(22)12(5-16-11-2-3-13(4-11)26-16)8-23-17-6-15(21)18(7-14(17)20)31(28,29)27-19-24-9-25-30-19/h6-7,9-13,16,23,26H,2-5,8,22H2,1H3,(H,24,25,27)/t10-,11+,12?,13-,16-/m1/s1. The van der Waals surface area contributed by atoms with Gasteiger partial charge in [-0.3, -0.25) is 4.72 Å². The minimum atomic E-state index is -4.33. The van der Waals surface area contributed by atoms with E-state index in [1.165, 1.54) is 19.3 Å². The maximum atomic E-state index is 14.6. The van der Waals surface area contributed by atoms with Gasteiger partial charge in [0.25, 0.3) is 10.0 Å². The first-order chi connectivity index (χ1) is 14.7. The summed E-state index contributed by atoms with van der Waals surface area (Å²) in [5.41, 5.74) is 6.06. The maximum Gasteiger partial charge on any atom is 0.266 e. The molecule has 5 atom stereocenters. The van der Waals surface area contributed by atoms with Crippen LogP contribution in [0.25, 0.3) is 0 Å². The van der Waals surface area contributed by atoms with Crippen LogP contribution in [0.5, 0.6) is 0 Å². The molecule has 8 nitrogen and oxygen atoms in total. The predicted molar refractivity (Wildman–Crippen MR) is 115 cm³/mol. The van der Waals surface area contributed by atoms with Gasteiger partial charge in [0.05, 0.1) is 5.69 Å². The summed E-state index contributed by atoms with van der Waals surface area (Å²) in [5.74, 6) is -1.21. The Kier molecular flexibility index (Phi) is 6.42. The van der Waals surface area contributed by atoms with Gasteiger partial charge in [0.15, 0.2) is 0 Å². The zero-order valence-electron chi connectivity index (χ0n) is 17.0. The number of nitrogens with two attached hydrogens (primary N) is 1. The highest BCUT2D eigenvalue weighted by Gasteiger charge is 2.40. The van der Waals surface area contributed by atoms with Crippen LogP contribution in [-0.4, -0.2) is 42.4 Å². The average molecular weight is 473 g/mol. The third kappa shape index (κ3) is 4.97. The molecule has 1 aromatic heterocycles. The first-order valence-electron chi connectivity index (χ1n) is 10.3. The van der Waals surface area contributed by atoms with E-state index in [0.29, 0.717) is 30.6 Å². The third-order valence-corrected chi connectivity index (χ3v) is 8.30. The molecule has 2 heterocycles. The van der Waals surface area contributed by atoms with Crippen molar-refractivity contribution in [1.82, 2.24) is 14.7 Å². The lowest BCUT2D eigenvalue weighted by molar-refractivity contribution is 0.297. The highest BCUT2D eigenvalue weighted by Crippen LogP contribution is 2.38. The molecule has 31 heavy (non-hydrogen) atoms. The molecule has 5 N–H and O–H groups in total. The number of anilines is 2. The minimum Gasteiger partial charge on any atom is -0.382 e. The Hall–Kier alpha value is -1.89. The van der Waals surface area contributed by atoms with Crippen molar-refractivity contribution >= 4 is 32.4 Å². The number of nitrogens with one attached hydrogen (secondary N) is 3. The van der Waals surface area contributed by atoms with Crippen molar-refractivity contribution in [2.75, 3.05) is 16.6 Å². The SMILES string of the molecule is C[C@@H](N)C(CNc1cc(F)c(S(=O)(=O)Nc2ncns2)cc1F)C[C@H]1N[C@@H]2CC[C@H]1C2. The molecule has 0 radical (unpaired) electrons. The van der Waals surface area contributed by atoms with Gasteiger partial charge in [0.2, 0.25) is 5.13 Å². The Labute approximate surface area is 184 Å². The molecule has 2 fully saturated rings. The molecule has 1 saturated carbocycles. The van der Waals surface area contributed by atoms with Crippen molar-refractivity contribution < 1.29 is 17.2 Å². The molecule has 1 aromatic carbocycles. The number of hydrogen-bond donors (Lipinski definition) is 4. The van der Waals surface area contributed by atoms with Crippen LogP contribution in [0.4, 0.5) is 19.6 Å². The molecule has 1 saturated heterocycles. The van der Waals surface area contributed by atoms with Gasteiger partial charge in [-0.05, 0) is 50.5 Å². The van der Waals surface area contributed by atoms with Crippen molar-refractivity contribution in [1.29, 1.82) is 0 Å². The van der Waals surface area contributed by atoms with E-state index < -0.39 is 26.6 Å². The van der Waals surface area contributed by atoms with Crippen LogP contribution in [0.1, 0.15) is 32.6 Å². The minimum absolute atomic E-state index is 0.0315. The Morgan fingerprint density at radius 3 is 2.74 bits per heavy atom. The van der Waals surface area contributed by atoms with Crippen LogP contribution >= 0.6 is 11.5 Å². The first kappa shape index (κ1) is 22.3. The zero-order valence-corrected chi connectivity index (χ0v) is 18.6. The van der Waals surface area contributed by atoms with Gasteiger partial charge in [0.1, 0.15) is 22.9 Å². The van der Waals surface area contributed by atoms with Crippen LogP contribution < -0.4 is 21.1 Å². The topological polar surface area (TPSA) is 122 Å². The number of rotatable bonds is 9. The van der Waals surface area contributed by atoms with Gasteiger partial charge >= 0.3 is 0 Å². The molecule has 2 bridgehead atoms. The summed E-state index contributed by atoms with van der Waals surface area (Å²) in [4.78, 5) is 2.90. The van der Waals surface area contributed by atoms with E-state index in [1.54, 1.807) is 0 Å². The summed E-state index contributed by atoms with van der Waals surface area (Å²) < 4.78 is 59.7. The Morgan fingerprint density at radius 2 is 2.13 bits per heavy atom. The van der Waals surface area contributed by atoms with Crippen LogP contribution in [0.2, 0.25) is 0 Å². The number of piperidine rings is 1. The molecule has 1 aliphatic carbocycles. The molecular formula is C19H26F2N6O2S2. The van der Waals surface area contributed by atoms with E-state index >= 15 is 0 Å². The second-order valence-electron chi connectivity index (χ2n) is 8.39. The number of aromatic nitrogens is 2. The number of sulfonamides is 1. The molecule has 4 rings (SSSR count). The monoisotopic (exact) mass is 472 g/mol. The maximum absolute atomic E-state index is 14.6. The molecule has 170 valence electrons. The van der Waals surface area contributed by atoms with Crippen LogP contribution in [-0.2, 0) is 10.0 Å². The third-order valence-electron chi connectivity index (χ3n) is 6.24. The van der Waals surface area contributed by atoms with Crippen molar-refractivity contribution in [3.63, 3.8) is 0 Å². The fraction of sp³-hybridized carbons (Fsp3) is 0.579. The second kappa shape index (κ2) is 8.93. The average Bonchev–Trinajstić information content (AvgIpc) is 3.45. The van der Waals surface area contributed by atoms with Gasteiger partial charge in [-0.2, -0.15) is 4.37 Å². The van der Waals surface area contributed by atoms with Crippen molar-refractivity contribution in [3.8, 4) is 0 Å². The lowest BCUT2D eigenvalue weighted by Crippen LogP contribution is -2.42. The summed E-state index contributed by atoms with van der Waals surface area (Å²) in [6.45, 7) is 2.27. The quantitative estimate of drug-likeness (QED) is 0.442. The normalized spacial score (nSPS) is 24.8. The number of hydrogen-bond acceptors (Lipinski definition) is 8. The summed E-state index contributed by atoms with van der Waals surface area (Å²) in [5, 5.41) is 6.52. The molecule has 12 heteroatoms. The summed E-state index contributed by atoms with van der Waals surface area (Å²) in [6.07, 6.45) is 5.66. The second-order valence-corrected chi connectivity index (χ2v) is 10.8. The van der Waals surface area contributed by atoms with E-state index in [0.717, 1.165) is 30.3 Å². The number of fused-ring (bicyclic) bond motifs is 2. The van der Waals surface area contributed by atoms with Gasteiger partial charge in [0, 0.05) is 42.3 Å². The number of halogens is 2. The molecule has 1 aliphatic heterocycles. The highest BCUT2D eigenvalue weighted by molar-refractivity contribution is 7.93. The Balaban J connectivity index is 1.44. The summed E-state index contributed by atoms with van der Waals surface area (Å²) in [7, 11) is -4.33. The van der Waals surface area contributed by atoms with Gasteiger partial charge in [-0.25, -0.2) is 22.2 Å². The van der Waals surface area contributed by atoms with Crippen LogP contribution in [0, 0.1) is 23.5 Å². The largest absolute Gasteiger partial charge is 0.382 e. The number of benzene rings is 1. The lowest BCUT2D eigenvalue weighted by atomic mass is 9.87. The lowest BCUT2D eigenvalue weighted by Gasteiger charge is -2.30. The fourth-order valence-electron chi connectivity index (χ4n) is 4.54. The fourth-order valence-corrected chi connectivity index (χ4v) is 6.28. The zero-order chi connectivity index (χ0) is 22.2.